The number of anilines is 1. The first-order valence-corrected chi connectivity index (χ1v) is 9.96. The minimum absolute atomic E-state index is 0.176. The number of piperazine rings is 1. The SMILES string of the molecule is Cn1ccc2c1CCN(CCN1CCN(c3noc4ccccc34)CC1)C2=O. The summed E-state index contributed by atoms with van der Waals surface area (Å²) >= 11 is 0. The minimum atomic E-state index is 0.176. The van der Waals surface area contributed by atoms with Crippen LogP contribution in [0.2, 0.25) is 0 Å². The lowest BCUT2D eigenvalue weighted by molar-refractivity contribution is 0.0715. The zero-order valence-corrected chi connectivity index (χ0v) is 16.2. The number of aromatic nitrogens is 2. The van der Waals surface area contributed by atoms with Crippen molar-refractivity contribution in [3.8, 4) is 0 Å². The van der Waals surface area contributed by atoms with Gasteiger partial charge in [0.25, 0.3) is 5.91 Å². The number of hydrogen-bond acceptors (Lipinski definition) is 5. The van der Waals surface area contributed by atoms with E-state index in [9.17, 15) is 4.79 Å². The Morgan fingerprint density at radius 1 is 1.04 bits per heavy atom. The molecule has 0 bridgehead atoms. The van der Waals surface area contributed by atoms with Crippen LogP contribution in [0.15, 0.2) is 41.1 Å². The molecule has 0 atom stereocenters. The Balaban J connectivity index is 1.17. The molecule has 1 amide bonds. The Morgan fingerprint density at radius 3 is 2.71 bits per heavy atom. The number of aryl methyl sites for hydroxylation is 1. The molecule has 2 aromatic heterocycles. The zero-order valence-electron chi connectivity index (χ0n) is 16.2. The monoisotopic (exact) mass is 379 g/mol. The summed E-state index contributed by atoms with van der Waals surface area (Å²) < 4.78 is 7.51. The molecule has 0 unspecified atom stereocenters. The van der Waals surface area contributed by atoms with E-state index in [-0.39, 0.29) is 5.91 Å². The summed E-state index contributed by atoms with van der Waals surface area (Å²) in [4.78, 5) is 19.4. The number of hydrogen-bond donors (Lipinski definition) is 0. The standard InChI is InChI=1S/C21H25N5O2/c1-23-8-6-16-18(23)7-9-26(21(16)27)15-12-24-10-13-25(14-11-24)20-17-4-2-3-5-19(17)28-22-20/h2-6,8H,7,9-15H2,1H3. The van der Waals surface area contributed by atoms with E-state index in [1.165, 1.54) is 0 Å². The lowest BCUT2D eigenvalue weighted by atomic mass is 10.1. The van der Waals surface area contributed by atoms with Gasteiger partial charge in [0.2, 0.25) is 0 Å². The Hall–Kier alpha value is -2.80. The Labute approximate surface area is 164 Å². The third kappa shape index (κ3) is 2.96. The highest BCUT2D eigenvalue weighted by Gasteiger charge is 2.27. The fourth-order valence-corrected chi connectivity index (χ4v) is 4.34. The minimum Gasteiger partial charge on any atom is -0.354 e. The molecule has 0 radical (unpaired) electrons. The maximum absolute atomic E-state index is 12.7. The largest absolute Gasteiger partial charge is 0.354 e. The molecular formula is C21H25N5O2. The summed E-state index contributed by atoms with van der Waals surface area (Å²) in [6.45, 7) is 6.32. The fourth-order valence-electron chi connectivity index (χ4n) is 4.34. The van der Waals surface area contributed by atoms with E-state index in [1.807, 2.05) is 42.4 Å². The van der Waals surface area contributed by atoms with Gasteiger partial charge < -0.3 is 18.9 Å². The predicted molar refractivity (Wildman–Crippen MR) is 108 cm³/mol. The van der Waals surface area contributed by atoms with Crippen molar-refractivity contribution in [1.29, 1.82) is 0 Å². The molecule has 0 saturated carbocycles. The van der Waals surface area contributed by atoms with E-state index in [1.54, 1.807) is 0 Å². The molecular weight excluding hydrogens is 354 g/mol. The lowest BCUT2D eigenvalue weighted by Gasteiger charge is -2.36. The number of nitrogens with zero attached hydrogens (tertiary/aromatic N) is 5. The number of benzene rings is 1. The molecule has 3 aromatic rings. The van der Waals surface area contributed by atoms with Gasteiger partial charge in [-0.25, -0.2) is 0 Å². The zero-order chi connectivity index (χ0) is 19.1. The van der Waals surface area contributed by atoms with Gasteiger partial charge in [-0.05, 0) is 18.2 Å². The second-order valence-electron chi connectivity index (χ2n) is 7.66. The molecule has 4 heterocycles. The topological polar surface area (TPSA) is 57.8 Å². The molecule has 28 heavy (non-hydrogen) atoms. The number of para-hydroxylation sites is 1. The van der Waals surface area contributed by atoms with Gasteiger partial charge in [-0.2, -0.15) is 0 Å². The van der Waals surface area contributed by atoms with E-state index >= 15 is 0 Å². The van der Waals surface area contributed by atoms with Crippen LogP contribution in [-0.2, 0) is 13.5 Å². The molecule has 1 saturated heterocycles. The van der Waals surface area contributed by atoms with Crippen LogP contribution in [0.3, 0.4) is 0 Å². The highest BCUT2D eigenvalue weighted by Crippen LogP contribution is 2.26. The van der Waals surface area contributed by atoms with Crippen molar-refractivity contribution in [3.05, 3.63) is 47.8 Å². The maximum atomic E-state index is 12.7. The van der Waals surface area contributed by atoms with E-state index in [0.717, 1.165) is 80.3 Å². The lowest BCUT2D eigenvalue weighted by Crippen LogP contribution is -2.50. The third-order valence-electron chi connectivity index (χ3n) is 6.05. The van der Waals surface area contributed by atoms with Crippen LogP contribution < -0.4 is 4.90 Å². The van der Waals surface area contributed by atoms with Crippen LogP contribution >= 0.6 is 0 Å². The second-order valence-corrected chi connectivity index (χ2v) is 7.66. The molecule has 0 aliphatic carbocycles. The molecule has 0 spiro atoms. The average Bonchev–Trinajstić information content (AvgIpc) is 3.32. The van der Waals surface area contributed by atoms with E-state index in [0.29, 0.717) is 0 Å². The molecule has 146 valence electrons. The third-order valence-corrected chi connectivity index (χ3v) is 6.05. The van der Waals surface area contributed by atoms with Crippen LogP contribution in [0.1, 0.15) is 16.1 Å². The van der Waals surface area contributed by atoms with Crippen LogP contribution in [0, 0.1) is 0 Å². The first-order chi connectivity index (χ1) is 13.7. The first-order valence-electron chi connectivity index (χ1n) is 9.96. The van der Waals surface area contributed by atoms with Crippen LogP contribution in [0.25, 0.3) is 11.0 Å². The molecule has 0 N–H and O–H groups in total. The van der Waals surface area contributed by atoms with Crippen molar-refractivity contribution in [1.82, 2.24) is 19.5 Å². The smallest absolute Gasteiger partial charge is 0.255 e. The molecule has 1 aromatic carbocycles. The first kappa shape index (κ1) is 17.3. The molecule has 7 heteroatoms. The van der Waals surface area contributed by atoms with Gasteiger partial charge in [-0.3, -0.25) is 9.69 Å². The number of carbonyl (C=O) groups excluding carboxylic acids is 1. The number of rotatable bonds is 4. The summed E-state index contributed by atoms with van der Waals surface area (Å²) in [5.41, 5.74) is 2.87. The van der Waals surface area contributed by atoms with Gasteiger partial charge in [0, 0.05) is 71.2 Å². The van der Waals surface area contributed by atoms with E-state index in [4.69, 9.17) is 4.52 Å². The van der Waals surface area contributed by atoms with Gasteiger partial charge in [0.15, 0.2) is 11.4 Å². The highest BCUT2D eigenvalue weighted by atomic mass is 16.5. The van der Waals surface area contributed by atoms with Crippen molar-refractivity contribution < 1.29 is 9.32 Å². The van der Waals surface area contributed by atoms with Gasteiger partial charge in [0.05, 0.1) is 10.9 Å². The van der Waals surface area contributed by atoms with E-state index < -0.39 is 0 Å². The molecule has 7 nitrogen and oxygen atoms in total. The summed E-state index contributed by atoms with van der Waals surface area (Å²) in [7, 11) is 2.01. The molecule has 1 fully saturated rings. The quantitative estimate of drug-likeness (QED) is 0.694. The van der Waals surface area contributed by atoms with Crippen LogP contribution in [0.4, 0.5) is 5.82 Å². The summed E-state index contributed by atoms with van der Waals surface area (Å²) in [6.07, 6.45) is 2.93. The predicted octanol–water partition coefficient (Wildman–Crippen LogP) is 1.99. The number of fused-ring (bicyclic) bond motifs is 2. The average molecular weight is 379 g/mol. The van der Waals surface area contributed by atoms with Gasteiger partial charge in [0.1, 0.15) is 0 Å². The summed E-state index contributed by atoms with van der Waals surface area (Å²) in [5, 5.41) is 5.35. The van der Waals surface area contributed by atoms with Crippen LogP contribution in [0.5, 0.6) is 0 Å². The second kappa shape index (κ2) is 6.98. The number of carbonyl (C=O) groups is 1. The Kier molecular flexibility index (Phi) is 4.31. The normalized spacial score (nSPS) is 18.1. The van der Waals surface area contributed by atoms with Crippen molar-refractivity contribution >= 4 is 22.7 Å². The van der Waals surface area contributed by atoms with Gasteiger partial charge in [-0.15, -0.1) is 0 Å². The fraction of sp³-hybridized carbons (Fsp3) is 0.429. The summed E-state index contributed by atoms with van der Waals surface area (Å²) in [5.74, 6) is 1.12. The Bertz CT molecular complexity index is 999. The van der Waals surface area contributed by atoms with Crippen molar-refractivity contribution in [3.63, 3.8) is 0 Å². The molecule has 5 rings (SSSR count). The summed E-state index contributed by atoms with van der Waals surface area (Å²) in [6, 6.07) is 9.95. The molecule has 2 aliphatic heterocycles. The number of amides is 1. The van der Waals surface area contributed by atoms with Gasteiger partial charge >= 0.3 is 0 Å². The molecule has 2 aliphatic rings. The van der Waals surface area contributed by atoms with Crippen molar-refractivity contribution in [2.24, 2.45) is 7.05 Å². The van der Waals surface area contributed by atoms with Gasteiger partial charge in [-0.1, -0.05) is 17.3 Å². The van der Waals surface area contributed by atoms with E-state index in [2.05, 4.69) is 25.6 Å². The van der Waals surface area contributed by atoms with Crippen molar-refractivity contribution in [2.75, 3.05) is 50.7 Å². The van der Waals surface area contributed by atoms with Crippen molar-refractivity contribution in [2.45, 2.75) is 6.42 Å². The van der Waals surface area contributed by atoms with Crippen LogP contribution in [-0.4, -0.2) is 71.2 Å². The Morgan fingerprint density at radius 2 is 1.86 bits per heavy atom. The highest BCUT2D eigenvalue weighted by molar-refractivity contribution is 5.96. The maximum Gasteiger partial charge on any atom is 0.255 e.